The van der Waals surface area contributed by atoms with E-state index in [1.165, 1.54) is 0 Å². The zero-order chi connectivity index (χ0) is 19.6. The number of aryl methyl sites for hydroxylation is 2. The molecule has 1 aromatic rings. The fraction of sp³-hybridized carbons (Fsp3) is 0.571. The van der Waals surface area contributed by atoms with E-state index in [-0.39, 0.29) is 42.0 Å². The molecule has 1 aromatic carbocycles. The van der Waals surface area contributed by atoms with Crippen molar-refractivity contribution in [2.75, 3.05) is 6.61 Å². The van der Waals surface area contributed by atoms with Gasteiger partial charge in [0.2, 0.25) is 0 Å². The third-order valence-electron chi connectivity index (χ3n) is 5.77. The number of ketones is 1. The van der Waals surface area contributed by atoms with Gasteiger partial charge in [-0.05, 0) is 56.2 Å². The smallest absolute Gasteiger partial charge is 0.309 e. The number of fused-ring (bicyclic) bond motifs is 2. The molecule has 2 aliphatic rings. The molecule has 27 heavy (non-hydrogen) atoms. The fourth-order valence-corrected chi connectivity index (χ4v) is 4.33. The average Bonchev–Trinajstić information content (AvgIpc) is 2.62. The molecule has 146 valence electrons. The quantitative estimate of drug-likeness (QED) is 0.774. The molecule has 2 unspecified atom stereocenters. The fourth-order valence-electron chi connectivity index (χ4n) is 4.33. The second-order valence-electron chi connectivity index (χ2n) is 7.86. The first-order valence-corrected chi connectivity index (χ1v) is 9.61. The number of hydrogen-bond donors (Lipinski definition) is 2. The lowest BCUT2D eigenvalue weighted by Gasteiger charge is -2.36. The van der Waals surface area contributed by atoms with Crippen molar-refractivity contribution in [3.8, 4) is 5.75 Å². The molecular weight excluding hydrogens is 346 g/mol. The first-order chi connectivity index (χ1) is 12.8. The number of nitrogens with one attached hydrogen (secondary N) is 1. The summed E-state index contributed by atoms with van der Waals surface area (Å²) in [6.07, 6.45) is 3.90. The highest BCUT2D eigenvalue weighted by Crippen LogP contribution is 2.40. The predicted molar refractivity (Wildman–Crippen MR) is 98.9 cm³/mol. The average molecular weight is 373 g/mol. The Morgan fingerprint density at radius 3 is 2.33 bits per heavy atom. The number of hydrogen-bond acceptors (Lipinski definition) is 5. The van der Waals surface area contributed by atoms with Gasteiger partial charge in [0.25, 0.3) is 5.91 Å². The van der Waals surface area contributed by atoms with Crippen LogP contribution in [-0.4, -0.2) is 29.4 Å². The molecule has 0 saturated heterocycles. The van der Waals surface area contributed by atoms with Crippen LogP contribution in [0.2, 0.25) is 0 Å². The van der Waals surface area contributed by atoms with Crippen molar-refractivity contribution in [2.24, 2.45) is 17.8 Å². The van der Waals surface area contributed by atoms with Gasteiger partial charge < -0.3 is 15.2 Å². The second kappa shape index (κ2) is 8.11. The molecular formula is C21H27NO5. The third kappa shape index (κ3) is 4.49. The minimum Gasteiger partial charge on any atom is -0.507 e. The largest absolute Gasteiger partial charge is 0.507 e. The van der Waals surface area contributed by atoms with Crippen molar-refractivity contribution in [1.82, 2.24) is 5.32 Å². The Balaban J connectivity index is 1.45. The third-order valence-corrected chi connectivity index (χ3v) is 5.77. The van der Waals surface area contributed by atoms with Gasteiger partial charge >= 0.3 is 5.97 Å². The van der Waals surface area contributed by atoms with Gasteiger partial charge in [0, 0.05) is 18.4 Å². The highest BCUT2D eigenvalue weighted by molar-refractivity contribution is 5.88. The molecule has 2 aliphatic carbocycles. The normalized spacial score (nSPS) is 24.4. The van der Waals surface area contributed by atoms with Gasteiger partial charge in [0.15, 0.2) is 6.61 Å². The van der Waals surface area contributed by atoms with E-state index in [2.05, 4.69) is 5.32 Å². The summed E-state index contributed by atoms with van der Waals surface area (Å²) in [5, 5.41) is 12.5. The number of Topliss-reactive ketones (excluding diaryl/α,β-unsaturated/α-hetero) is 1. The van der Waals surface area contributed by atoms with Crippen LogP contribution in [0.5, 0.6) is 5.75 Å². The standard InChI is InChI=1S/C21H27NO5/c1-12-6-14(7-13(2)19(12)24)10-22-18(23)11-27-21(26)17-8-15-4-3-5-16(9-17)20(15)25/h6-7,15-17,24H,3-5,8-11H2,1-2H3,(H,22,23). The van der Waals surface area contributed by atoms with Crippen LogP contribution in [0.3, 0.4) is 0 Å². The molecule has 0 radical (unpaired) electrons. The van der Waals surface area contributed by atoms with E-state index in [0.717, 1.165) is 36.0 Å². The van der Waals surface area contributed by atoms with Crippen molar-refractivity contribution < 1.29 is 24.2 Å². The molecule has 0 aliphatic heterocycles. The van der Waals surface area contributed by atoms with Crippen molar-refractivity contribution in [2.45, 2.75) is 52.5 Å². The summed E-state index contributed by atoms with van der Waals surface area (Å²) in [4.78, 5) is 36.4. The van der Waals surface area contributed by atoms with Crippen LogP contribution < -0.4 is 5.32 Å². The number of benzene rings is 1. The van der Waals surface area contributed by atoms with Crippen molar-refractivity contribution in [3.63, 3.8) is 0 Å². The van der Waals surface area contributed by atoms with Gasteiger partial charge in [0.1, 0.15) is 11.5 Å². The van der Waals surface area contributed by atoms with Crippen LogP contribution in [-0.2, 0) is 25.7 Å². The van der Waals surface area contributed by atoms with Gasteiger partial charge in [-0.15, -0.1) is 0 Å². The maximum absolute atomic E-state index is 12.3. The molecule has 2 fully saturated rings. The predicted octanol–water partition coefficient (Wildman–Crippen LogP) is 2.56. The van der Waals surface area contributed by atoms with Crippen LogP contribution >= 0.6 is 0 Å². The summed E-state index contributed by atoms with van der Waals surface area (Å²) in [5.41, 5.74) is 2.38. The van der Waals surface area contributed by atoms with Crippen molar-refractivity contribution in [3.05, 3.63) is 28.8 Å². The molecule has 2 atom stereocenters. The monoisotopic (exact) mass is 373 g/mol. The molecule has 2 bridgehead atoms. The summed E-state index contributed by atoms with van der Waals surface area (Å²) in [6.45, 7) is 3.61. The van der Waals surface area contributed by atoms with Crippen LogP contribution in [0.1, 0.15) is 48.8 Å². The Labute approximate surface area is 159 Å². The number of phenols is 1. The lowest BCUT2D eigenvalue weighted by molar-refractivity contribution is -0.156. The molecule has 3 rings (SSSR count). The molecule has 2 N–H and O–H groups in total. The topological polar surface area (TPSA) is 92.7 Å². The van der Waals surface area contributed by atoms with Gasteiger partial charge in [-0.25, -0.2) is 0 Å². The Kier molecular flexibility index (Phi) is 5.82. The van der Waals surface area contributed by atoms with E-state index in [4.69, 9.17) is 4.74 Å². The lowest BCUT2D eigenvalue weighted by Crippen LogP contribution is -2.40. The minimum absolute atomic E-state index is 0.00940. The first kappa shape index (κ1) is 19.4. The Morgan fingerprint density at radius 1 is 1.15 bits per heavy atom. The van der Waals surface area contributed by atoms with Crippen LogP contribution in [0, 0.1) is 31.6 Å². The van der Waals surface area contributed by atoms with E-state index >= 15 is 0 Å². The number of amides is 1. The molecule has 6 heteroatoms. The van der Waals surface area contributed by atoms with E-state index in [1.807, 2.05) is 12.1 Å². The summed E-state index contributed by atoms with van der Waals surface area (Å²) in [5.74, 6) is -0.454. The summed E-state index contributed by atoms with van der Waals surface area (Å²) in [7, 11) is 0. The van der Waals surface area contributed by atoms with Crippen LogP contribution in [0.15, 0.2) is 12.1 Å². The van der Waals surface area contributed by atoms with Gasteiger partial charge in [-0.2, -0.15) is 0 Å². The highest BCUT2D eigenvalue weighted by Gasteiger charge is 2.41. The van der Waals surface area contributed by atoms with E-state index in [0.29, 0.717) is 25.2 Å². The summed E-state index contributed by atoms with van der Waals surface area (Å²) in [6, 6.07) is 3.62. The number of phenolic OH excluding ortho intramolecular Hbond substituents is 1. The maximum atomic E-state index is 12.3. The summed E-state index contributed by atoms with van der Waals surface area (Å²) < 4.78 is 5.20. The molecule has 0 spiro atoms. The molecule has 0 aromatic heterocycles. The first-order valence-electron chi connectivity index (χ1n) is 9.61. The van der Waals surface area contributed by atoms with Gasteiger partial charge in [-0.3, -0.25) is 14.4 Å². The van der Waals surface area contributed by atoms with E-state index in [1.54, 1.807) is 13.8 Å². The molecule has 6 nitrogen and oxygen atoms in total. The zero-order valence-electron chi connectivity index (χ0n) is 15.9. The van der Waals surface area contributed by atoms with Gasteiger partial charge in [-0.1, -0.05) is 18.6 Å². The SMILES string of the molecule is Cc1cc(CNC(=O)COC(=O)C2CC3CCCC(C2)C3=O)cc(C)c1O. The number of carbonyl (C=O) groups is 3. The van der Waals surface area contributed by atoms with E-state index < -0.39 is 0 Å². The highest BCUT2D eigenvalue weighted by atomic mass is 16.5. The number of rotatable bonds is 5. The van der Waals surface area contributed by atoms with Crippen LogP contribution in [0.25, 0.3) is 0 Å². The van der Waals surface area contributed by atoms with Crippen LogP contribution in [0.4, 0.5) is 0 Å². The van der Waals surface area contributed by atoms with Gasteiger partial charge in [0.05, 0.1) is 5.92 Å². The zero-order valence-corrected chi connectivity index (χ0v) is 15.9. The lowest BCUT2D eigenvalue weighted by atomic mass is 9.67. The maximum Gasteiger partial charge on any atom is 0.309 e. The number of esters is 1. The number of carbonyl (C=O) groups excluding carboxylic acids is 3. The molecule has 1 amide bonds. The number of ether oxygens (including phenoxy) is 1. The molecule has 0 heterocycles. The van der Waals surface area contributed by atoms with Crippen molar-refractivity contribution in [1.29, 1.82) is 0 Å². The Hall–Kier alpha value is -2.37. The van der Waals surface area contributed by atoms with E-state index in [9.17, 15) is 19.5 Å². The summed E-state index contributed by atoms with van der Waals surface area (Å²) >= 11 is 0. The minimum atomic E-state index is -0.370. The number of aromatic hydroxyl groups is 1. The molecule has 2 saturated carbocycles. The van der Waals surface area contributed by atoms with Crippen molar-refractivity contribution >= 4 is 17.7 Å². The Bertz CT molecular complexity index is 718. The Morgan fingerprint density at radius 2 is 1.74 bits per heavy atom. The second-order valence-corrected chi connectivity index (χ2v) is 7.86.